The second-order valence-corrected chi connectivity index (χ2v) is 10.4. The Bertz CT molecular complexity index is 1730. The van der Waals surface area contributed by atoms with Crippen LogP contribution in [0.2, 0.25) is 0 Å². The average molecular weight is 514 g/mol. The van der Waals surface area contributed by atoms with E-state index in [2.05, 4.69) is 89.8 Å². The lowest BCUT2D eigenvalue weighted by Gasteiger charge is -2.52. The highest BCUT2D eigenvalue weighted by Crippen LogP contribution is 2.48. The molecule has 39 heavy (non-hydrogen) atoms. The topological polar surface area (TPSA) is 40.2 Å². The predicted molar refractivity (Wildman–Crippen MR) is 158 cm³/mol. The standard InChI is InChI=1S/C33H29BNO4/c1-22-27-19-15-24-8-4-6-10-28(24)32(27)38-34(36-22)37-31(21-14-23-12-17-26(18-13-23)35(2)3)30-20-16-25-9-5-7-11-29(25)33(30)39-34/h4-22,31H,1-3H3/q-1/b21-14+. The van der Waals surface area contributed by atoms with Gasteiger partial charge in [-0.15, -0.1) is 0 Å². The molecule has 0 N–H and O–H groups in total. The lowest BCUT2D eigenvalue weighted by molar-refractivity contribution is -0.0260. The molecule has 7 rings (SSSR count). The van der Waals surface area contributed by atoms with Crippen molar-refractivity contribution in [2.24, 2.45) is 0 Å². The summed E-state index contributed by atoms with van der Waals surface area (Å²) in [5.74, 6) is 1.48. The molecule has 0 saturated carbocycles. The fourth-order valence-corrected chi connectivity index (χ4v) is 5.59. The molecule has 1 spiro atoms. The maximum atomic E-state index is 6.65. The summed E-state index contributed by atoms with van der Waals surface area (Å²) in [6.07, 6.45) is 3.42. The smallest absolute Gasteiger partial charge is 0.634 e. The van der Waals surface area contributed by atoms with Crippen LogP contribution in [0.3, 0.4) is 0 Å². The number of benzene rings is 5. The molecule has 3 unspecified atom stereocenters. The van der Waals surface area contributed by atoms with E-state index in [9.17, 15) is 0 Å². The highest BCUT2D eigenvalue weighted by Gasteiger charge is 2.48. The number of rotatable bonds is 3. The van der Waals surface area contributed by atoms with Crippen molar-refractivity contribution < 1.29 is 18.6 Å². The predicted octanol–water partition coefficient (Wildman–Crippen LogP) is 7.83. The summed E-state index contributed by atoms with van der Waals surface area (Å²) in [7, 11) is 4.08. The van der Waals surface area contributed by atoms with Crippen LogP contribution in [-0.2, 0) is 9.31 Å². The first-order valence-electron chi connectivity index (χ1n) is 13.3. The lowest BCUT2D eigenvalue weighted by Crippen LogP contribution is -2.59. The normalized spacial score (nSPS) is 21.9. The summed E-state index contributed by atoms with van der Waals surface area (Å²) in [5.41, 5.74) is 4.14. The highest BCUT2D eigenvalue weighted by atomic mass is 16.9. The van der Waals surface area contributed by atoms with Gasteiger partial charge in [0.15, 0.2) is 0 Å². The van der Waals surface area contributed by atoms with Crippen LogP contribution in [0.15, 0.2) is 103 Å². The number of anilines is 1. The van der Waals surface area contributed by atoms with E-state index in [0.29, 0.717) is 0 Å². The fraction of sp³-hybridized carbons (Fsp3) is 0.152. The number of fused-ring (bicyclic) bond motifs is 6. The summed E-state index contributed by atoms with van der Waals surface area (Å²) in [6, 6.07) is 33.1. The van der Waals surface area contributed by atoms with E-state index >= 15 is 0 Å². The third-order valence-electron chi connectivity index (χ3n) is 7.65. The Balaban J connectivity index is 1.34. The molecule has 6 heteroatoms. The van der Waals surface area contributed by atoms with E-state index in [-0.39, 0.29) is 6.10 Å². The van der Waals surface area contributed by atoms with Gasteiger partial charge in [-0.05, 0) is 35.4 Å². The van der Waals surface area contributed by atoms with Gasteiger partial charge in [0.1, 0.15) is 0 Å². The van der Waals surface area contributed by atoms with E-state index in [1.165, 1.54) is 0 Å². The van der Waals surface area contributed by atoms with Gasteiger partial charge in [-0.3, -0.25) is 0 Å². The Hall–Kier alpha value is -4.26. The summed E-state index contributed by atoms with van der Waals surface area (Å²) in [6.45, 7) is -0.584. The zero-order chi connectivity index (χ0) is 26.6. The van der Waals surface area contributed by atoms with Gasteiger partial charge in [-0.25, -0.2) is 0 Å². The Morgan fingerprint density at radius 2 is 1.26 bits per heavy atom. The third-order valence-corrected chi connectivity index (χ3v) is 7.65. The summed E-state index contributed by atoms with van der Waals surface area (Å²) < 4.78 is 26.4. The molecule has 3 atom stereocenters. The van der Waals surface area contributed by atoms with Crippen molar-refractivity contribution in [1.29, 1.82) is 0 Å². The van der Waals surface area contributed by atoms with E-state index in [1.807, 2.05) is 45.3 Å². The molecule has 2 heterocycles. The van der Waals surface area contributed by atoms with Gasteiger partial charge in [-0.1, -0.05) is 97.1 Å². The third kappa shape index (κ3) is 4.13. The summed E-state index contributed by atoms with van der Waals surface area (Å²) in [4.78, 5) is 2.09. The molecule has 5 nitrogen and oxygen atoms in total. The van der Waals surface area contributed by atoms with E-state index < -0.39 is 13.1 Å². The molecule has 5 aromatic carbocycles. The molecule has 194 valence electrons. The van der Waals surface area contributed by atoms with Crippen LogP contribution >= 0.6 is 0 Å². The zero-order valence-corrected chi connectivity index (χ0v) is 22.2. The average Bonchev–Trinajstić information content (AvgIpc) is 2.96. The van der Waals surface area contributed by atoms with Gasteiger partial charge in [0, 0.05) is 47.8 Å². The van der Waals surface area contributed by atoms with Crippen molar-refractivity contribution in [2.75, 3.05) is 19.0 Å². The molecule has 2 aliphatic rings. The minimum atomic E-state index is -2.60. The van der Waals surface area contributed by atoms with Crippen LogP contribution < -0.4 is 14.2 Å². The molecular weight excluding hydrogens is 485 g/mol. The quantitative estimate of drug-likeness (QED) is 0.230. The Morgan fingerprint density at radius 3 is 1.90 bits per heavy atom. The Morgan fingerprint density at radius 1 is 0.667 bits per heavy atom. The number of nitrogens with zero attached hydrogens (tertiary/aromatic N) is 1. The first kappa shape index (κ1) is 23.8. The highest BCUT2D eigenvalue weighted by molar-refractivity contribution is 6.56. The minimum Gasteiger partial charge on any atom is -0.634 e. The molecule has 2 aliphatic heterocycles. The van der Waals surface area contributed by atoms with Crippen molar-refractivity contribution in [3.05, 3.63) is 120 Å². The zero-order valence-electron chi connectivity index (χ0n) is 22.2. The van der Waals surface area contributed by atoms with E-state index in [1.54, 1.807) is 0 Å². The molecule has 0 bridgehead atoms. The van der Waals surface area contributed by atoms with Crippen LogP contribution in [0.5, 0.6) is 11.5 Å². The van der Waals surface area contributed by atoms with Crippen LogP contribution in [0.25, 0.3) is 27.6 Å². The molecule has 0 amide bonds. The molecule has 0 saturated heterocycles. The number of hydrogen-bond acceptors (Lipinski definition) is 5. The van der Waals surface area contributed by atoms with Crippen LogP contribution in [0.4, 0.5) is 5.69 Å². The molecule has 0 fully saturated rings. The van der Waals surface area contributed by atoms with Gasteiger partial charge in [0.2, 0.25) is 0 Å². The molecule has 5 aromatic rings. The maximum absolute atomic E-state index is 6.65. The first-order chi connectivity index (χ1) is 19.0. The number of hydrogen-bond donors (Lipinski definition) is 0. The van der Waals surface area contributed by atoms with Crippen molar-refractivity contribution >= 4 is 40.3 Å². The minimum absolute atomic E-state index is 0.280. The maximum Gasteiger partial charge on any atom is 0.653 e. The van der Waals surface area contributed by atoms with Crippen LogP contribution in [-0.4, -0.2) is 21.1 Å². The second-order valence-electron chi connectivity index (χ2n) is 10.4. The van der Waals surface area contributed by atoms with Crippen molar-refractivity contribution in [1.82, 2.24) is 0 Å². The largest absolute Gasteiger partial charge is 0.653 e. The van der Waals surface area contributed by atoms with Crippen molar-refractivity contribution in [3.63, 3.8) is 0 Å². The summed E-state index contributed by atoms with van der Waals surface area (Å²) in [5, 5.41) is 4.18. The SMILES string of the molecule is CC1O[B-]2(Oc3c1ccc1ccccc31)Oc1c(ccc3ccccc13)C(/C=C/c1ccc(N(C)C)cc1)O2. The lowest BCUT2D eigenvalue weighted by atomic mass is 9.89. The molecule has 0 aliphatic carbocycles. The Labute approximate surface area is 228 Å². The Kier molecular flexibility index (Phi) is 5.62. The van der Waals surface area contributed by atoms with E-state index in [4.69, 9.17) is 18.6 Å². The molecule has 0 aromatic heterocycles. The second kappa shape index (κ2) is 9.19. The fourth-order valence-electron chi connectivity index (χ4n) is 5.59. The van der Waals surface area contributed by atoms with Crippen LogP contribution in [0.1, 0.15) is 35.8 Å². The van der Waals surface area contributed by atoms with Gasteiger partial charge in [0.05, 0.1) is 17.6 Å². The van der Waals surface area contributed by atoms with E-state index in [0.717, 1.165) is 55.4 Å². The molecule has 0 radical (unpaired) electrons. The van der Waals surface area contributed by atoms with Gasteiger partial charge in [0.25, 0.3) is 0 Å². The van der Waals surface area contributed by atoms with Gasteiger partial charge in [-0.2, -0.15) is 0 Å². The van der Waals surface area contributed by atoms with Gasteiger partial charge >= 0.3 is 6.96 Å². The monoisotopic (exact) mass is 514 g/mol. The van der Waals surface area contributed by atoms with Crippen molar-refractivity contribution in [3.8, 4) is 11.5 Å². The van der Waals surface area contributed by atoms with Crippen molar-refractivity contribution in [2.45, 2.75) is 19.1 Å². The summed E-state index contributed by atoms with van der Waals surface area (Å²) >= 11 is 0. The first-order valence-corrected chi connectivity index (χ1v) is 13.3. The van der Waals surface area contributed by atoms with Crippen LogP contribution in [0, 0.1) is 0 Å². The van der Waals surface area contributed by atoms with Gasteiger partial charge < -0.3 is 23.5 Å². The molecular formula is C33H29BNO4-.